The first-order valence-corrected chi connectivity index (χ1v) is 13.8. The number of aromatic nitrogens is 2. The van der Waals surface area contributed by atoms with Crippen molar-refractivity contribution >= 4 is 21.8 Å². The van der Waals surface area contributed by atoms with Crippen molar-refractivity contribution in [1.82, 2.24) is 9.97 Å². The van der Waals surface area contributed by atoms with Crippen molar-refractivity contribution in [3.63, 3.8) is 0 Å². The van der Waals surface area contributed by atoms with Crippen LogP contribution in [0.2, 0.25) is 0 Å². The van der Waals surface area contributed by atoms with Crippen molar-refractivity contribution in [2.45, 2.75) is 6.42 Å². The van der Waals surface area contributed by atoms with Crippen LogP contribution in [0.3, 0.4) is 0 Å². The molecule has 0 radical (unpaired) electrons. The van der Waals surface area contributed by atoms with Crippen LogP contribution in [0.1, 0.15) is 16.7 Å². The topological polar surface area (TPSA) is 49.6 Å². The first-order chi connectivity index (χ1) is 20.2. The molecule has 1 aliphatic rings. The van der Waals surface area contributed by atoms with Crippen molar-refractivity contribution in [1.29, 1.82) is 5.26 Å². The Morgan fingerprint density at radius 3 is 1.95 bits per heavy atom. The fraction of sp³-hybridized carbons (Fsp3) is 0.0263. The van der Waals surface area contributed by atoms with E-state index in [1.165, 1.54) is 22.3 Å². The lowest BCUT2D eigenvalue weighted by Gasteiger charge is -2.12. The zero-order chi connectivity index (χ0) is 27.3. The minimum Gasteiger partial charge on any atom is -0.245 e. The van der Waals surface area contributed by atoms with Gasteiger partial charge in [-0.2, -0.15) is 5.26 Å². The number of fused-ring (bicyclic) bond motifs is 6. The van der Waals surface area contributed by atoms with Gasteiger partial charge in [-0.1, -0.05) is 97.1 Å². The van der Waals surface area contributed by atoms with Crippen LogP contribution < -0.4 is 0 Å². The Bertz CT molecular complexity index is 2190. The number of hydrogen-bond acceptors (Lipinski definition) is 3. The predicted molar refractivity (Wildman–Crippen MR) is 166 cm³/mol. The Hall–Kier alpha value is -5.59. The fourth-order valence-corrected chi connectivity index (χ4v) is 6.09. The fourth-order valence-electron chi connectivity index (χ4n) is 6.09. The van der Waals surface area contributed by atoms with E-state index in [4.69, 9.17) is 9.97 Å². The molecule has 0 aliphatic heterocycles. The molecule has 0 spiro atoms. The second-order valence-corrected chi connectivity index (χ2v) is 10.5. The first kappa shape index (κ1) is 23.3. The van der Waals surface area contributed by atoms with Gasteiger partial charge in [0, 0.05) is 21.9 Å². The highest BCUT2D eigenvalue weighted by Gasteiger charge is 2.23. The van der Waals surface area contributed by atoms with E-state index in [0.717, 1.165) is 61.9 Å². The van der Waals surface area contributed by atoms with Gasteiger partial charge in [0.1, 0.15) is 0 Å². The zero-order valence-corrected chi connectivity index (χ0v) is 22.2. The van der Waals surface area contributed by atoms with Crippen LogP contribution in [0.4, 0.5) is 0 Å². The normalized spacial score (nSPS) is 11.8. The van der Waals surface area contributed by atoms with Crippen molar-refractivity contribution < 1.29 is 0 Å². The van der Waals surface area contributed by atoms with Crippen molar-refractivity contribution in [3.05, 3.63) is 144 Å². The quantitative estimate of drug-likeness (QED) is 0.218. The van der Waals surface area contributed by atoms with Gasteiger partial charge < -0.3 is 0 Å². The van der Waals surface area contributed by atoms with E-state index >= 15 is 0 Å². The van der Waals surface area contributed by atoms with Crippen LogP contribution in [-0.2, 0) is 6.42 Å². The minimum absolute atomic E-state index is 0.670. The molecule has 0 unspecified atom stereocenters. The lowest BCUT2D eigenvalue weighted by Crippen LogP contribution is -1.92. The van der Waals surface area contributed by atoms with Crippen LogP contribution in [-0.4, -0.2) is 9.97 Å². The zero-order valence-electron chi connectivity index (χ0n) is 22.2. The SMILES string of the molecule is N#Cc1cccc(-c2cccc3c2-c2cc(-c4ccc5ccc6ccc(-c7ccccc7)nc6c5n4)ccc2C3)c1. The molecule has 0 bridgehead atoms. The number of hydrogen-bond donors (Lipinski definition) is 0. The van der Waals surface area contributed by atoms with Gasteiger partial charge in [-0.15, -0.1) is 0 Å². The first-order valence-electron chi connectivity index (χ1n) is 13.8. The van der Waals surface area contributed by atoms with Crippen LogP contribution >= 0.6 is 0 Å². The Labute approximate surface area is 238 Å². The molecular weight excluding hydrogens is 498 g/mol. The van der Waals surface area contributed by atoms with E-state index in [1.54, 1.807) is 0 Å². The molecule has 3 nitrogen and oxygen atoms in total. The third-order valence-electron chi connectivity index (χ3n) is 8.10. The number of pyridine rings is 2. The molecule has 0 N–H and O–H groups in total. The van der Waals surface area contributed by atoms with E-state index in [0.29, 0.717) is 5.56 Å². The smallest absolute Gasteiger partial charge is 0.0991 e. The molecule has 8 rings (SSSR count). The summed E-state index contributed by atoms with van der Waals surface area (Å²) in [6.45, 7) is 0. The molecule has 7 aromatic rings. The molecule has 41 heavy (non-hydrogen) atoms. The molecule has 1 aliphatic carbocycles. The summed E-state index contributed by atoms with van der Waals surface area (Å²) in [5, 5.41) is 11.6. The van der Waals surface area contributed by atoms with Gasteiger partial charge in [0.05, 0.1) is 34.1 Å². The highest BCUT2D eigenvalue weighted by molar-refractivity contribution is 6.04. The predicted octanol–water partition coefficient (Wildman–Crippen LogP) is 9.23. The van der Waals surface area contributed by atoms with E-state index in [9.17, 15) is 5.26 Å². The minimum atomic E-state index is 0.670. The largest absolute Gasteiger partial charge is 0.245 e. The maximum absolute atomic E-state index is 9.48. The van der Waals surface area contributed by atoms with E-state index in [2.05, 4.69) is 97.1 Å². The number of benzene rings is 5. The molecule has 0 saturated heterocycles. The molecule has 0 fully saturated rings. The highest BCUT2D eigenvalue weighted by Crippen LogP contribution is 2.44. The summed E-state index contributed by atoms with van der Waals surface area (Å²) in [7, 11) is 0. The van der Waals surface area contributed by atoms with Crippen molar-refractivity contribution in [3.8, 4) is 50.8 Å². The summed E-state index contributed by atoms with van der Waals surface area (Å²) >= 11 is 0. The maximum atomic E-state index is 9.48. The summed E-state index contributed by atoms with van der Waals surface area (Å²) in [6.07, 6.45) is 0.901. The summed E-state index contributed by atoms with van der Waals surface area (Å²) in [6, 6.07) is 46.3. The molecule has 3 heteroatoms. The number of nitrogens with zero attached hydrogens (tertiary/aromatic N) is 3. The van der Waals surface area contributed by atoms with E-state index < -0.39 is 0 Å². The Kier molecular flexibility index (Phi) is 5.26. The molecular formula is C38H23N3. The van der Waals surface area contributed by atoms with Gasteiger partial charge in [0.15, 0.2) is 0 Å². The Balaban J connectivity index is 1.27. The molecule has 190 valence electrons. The van der Waals surface area contributed by atoms with Gasteiger partial charge in [-0.25, -0.2) is 9.97 Å². The average Bonchev–Trinajstić information content (AvgIpc) is 3.43. The second-order valence-electron chi connectivity index (χ2n) is 10.5. The molecule has 0 atom stereocenters. The Morgan fingerprint density at radius 2 is 1.20 bits per heavy atom. The monoisotopic (exact) mass is 521 g/mol. The van der Waals surface area contributed by atoms with Gasteiger partial charge in [-0.05, 0) is 70.1 Å². The van der Waals surface area contributed by atoms with Crippen molar-refractivity contribution in [2.75, 3.05) is 0 Å². The van der Waals surface area contributed by atoms with Crippen LogP contribution in [0.5, 0.6) is 0 Å². The maximum Gasteiger partial charge on any atom is 0.0991 e. The Morgan fingerprint density at radius 1 is 0.512 bits per heavy atom. The lowest BCUT2D eigenvalue weighted by molar-refractivity contribution is 1.26. The van der Waals surface area contributed by atoms with Gasteiger partial charge >= 0.3 is 0 Å². The van der Waals surface area contributed by atoms with Gasteiger partial charge in [0.25, 0.3) is 0 Å². The molecule has 0 amide bonds. The number of nitriles is 1. The van der Waals surface area contributed by atoms with Crippen LogP contribution in [0, 0.1) is 11.3 Å². The standard InChI is InChI=1S/C38H23N3/c39-23-24-6-4-9-28(20-24)32-11-5-10-31-21-29-14-15-30(22-33(29)36(31)32)35-19-17-27-13-12-26-16-18-34(25-7-2-1-3-8-25)40-37(26)38(27)41-35/h1-20,22H,21H2. The second kappa shape index (κ2) is 9.26. The van der Waals surface area contributed by atoms with Gasteiger partial charge in [-0.3, -0.25) is 0 Å². The molecule has 5 aromatic carbocycles. The summed E-state index contributed by atoms with van der Waals surface area (Å²) < 4.78 is 0. The highest BCUT2D eigenvalue weighted by atomic mass is 14.8. The third kappa shape index (κ3) is 3.89. The van der Waals surface area contributed by atoms with Crippen molar-refractivity contribution in [2.24, 2.45) is 0 Å². The third-order valence-corrected chi connectivity index (χ3v) is 8.10. The molecule has 0 saturated carbocycles. The summed E-state index contributed by atoms with van der Waals surface area (Å²) in [4.78, 5) is 10.3. The lowest BCUT2D eigenvalue weighted by atomic mass is 9.92. The summed E-state index contributed by atoms with van der Waals surface area (Å²) in [5.74, 6) is 0. The van der Waals surface area contributed by atoms with Crippen LogP contribution in [0.25, 0.3) is 66.6 Å². The van der Waals surface area contributed by atoms with E-state index in [-0.39, 0.29) is 0 Å². The van der Waals surface area contributed by atoms with Gasteiger partial charge in [0.2, 0.25) is 0 Å². The molecule has 2 heterocycles. The average molecular weight is 522 g/mol. The van der Waals surface area contributed by atoms with Crippen LogP contribution in [0.15, 0.2) is 127 Å². The summed E-state index contributed by atoms with van der Waals surface area (Å²) in [5.41, 5.74) is 13.9. The molecule has 2 aromatic heterocycles. The number of rotatable bonds is 3. The van der Waals surface area contributed by atoms with E-state index in [1.807, 2.05) is 36.4 Å².